The Balaban J connectivity index is 2.31. The van der Waals surface area contributed by atoms with Crippen molar-refractivity contribution >= 4 is 23.2 Å². The fourth-order valence-electron chi connectivity index (χ4n) is 2.38. The molecule has 0 aliphatic carbocycles. The number of nitrogens with zero attached hydrogens (tertiary/aromatic N) is 1. The first-order chi connectivity index (χ1) is 9.51. The topological polar surface area (TPSA) is 24.9 Å². The zero-order valence-corrected chi connectivity index (χ0v) is 13.4. The first-order valence-corrected chi connectivity index (χ1v) is 7.32. The molecule has 2 rings (SSSR count). The molecule has 0 saturated carbocycles. The second-order valence-corrected chi connectivity index (χ2v) is 5.73. The van der Waals surface area contributed by atoms with Crippen LogP contribution in [0.1, 0.15) is 28.6 Å². The zero-order chi connectivity index (χ0) is 14.7. The van der Waals surface area contributed by atoms with Gasteiger partial charge in [-0.25, -0.2) is 0 Å². The third-order valence-electron chi connectivity index (χ3n) is 3.31. The Morgan fingerprint density at radius 2 is 1.80 bits per heavy atom. The number of hydrogen-bond acceptors (Lipinski definition) is 2. The number of benzene rings is 1. The van der Waals surface area contributed by atoms with Gasteiger partial charge in [-0.05, 0) is 56.6 Å². The Hall–Kier alpha value is -1.09. The van der Waals surface area contributed by atoms with Crippen molar-refractivity contribution in [2.45, 2.75) is 26.3 Å². The highest BCUT2D eigenvalue weighted by atomic mass is 35.5. The predicted octanol–water partition coefficient (Wildman–Crippen LogP) is 4.51. The monoisotopic (exact) mass is 308 g/mol. The van der Waals surface area contributed by atoms with Gasteiger partial charge in [0.05, 0.1) is 10.0 Å². The highest BCUT2D eigenvalue weighted by molar-refractivity contribution is 6.42. The summed E-state index contributed by atoms with van der Waals surface area (Å²) in [6.07, 6.45) is 0.790. The van der Waals surface area contributed by atoms with Crippen LogP contribution in [0.15, 0.2) is 30.3 Å². The van der Waals surface area contributed by atoms with Crippen LogP contribution in [-0.4, -0.2) is 12.0 Å². The summed E-state index contributed by atoms with van der Waals surface area (Å²) in [7, 11) is 1.95. The van der Waals surface area contributed by atoms with E-state index >= 15 is 0 Å². The van der Waals surface area contributed by atoms with E-state index in [-0.39, 0.29) is 6.04 Å². The number of pyridine rings is 1. The minimum atomic E-state index is 0.186. The van der Waals surface area contributed by atoms with E-state index in [1.54, 1.807) is 0 Å². The lowest BCUT2D eigenvalue weighted by Gasteiger charge is -2.18. The second-order valence-electron chi connectivity index (χ2n) is 4.94. The third kappa shape index (κ3) is 3.51. The zero-order valence-electron chi connectivity index (χ0n) is 11.9. The number of aromatic nitrogens is 1. The van der Waals surface area contributed by atoms with Crippen molar-refractivity contribution in [1.82, 2.24) is 10.3 Å². The summed E-state index contributed by atoms with van der Waals surface area (Å²) in [5.74, 6) is 0. The molecule has 2 aromatic rings. The minimum Gasteiger partial charge on any atom is -0.313 e. The number of rotatable bonds is 4. The first-order valence-electron chi connectivity index (χ1n) is 6.56. The lowest BCUT2D eigenvalue weighted by molar-refractivity contribution is 0.590. The van der Waals surface area contributed by atoms with Crippen LogP contribution in [-0.2, 0) is 6.42 Å². The smallest absolute Gasteiger partial charge is 0.0624 e. The van der Waals surface area contributed by atoms with Crippen LogP contribution in [0.25, 0.3) is 0 Å². The fraction of sp³-hybridized carbons (Fsp3) is 0.312. The quantitative estimate of drug-likeness (QED) is 0.899. The summed E-state index contributed by atoms with van der Waals surface area (Å²) in [6.45, 7) is 4.02. The maximum atomic E-state index is 6.27. The van der Waals surface area contributed by atoms with E-state index in [4.69, 9.17) is 23.2 Å². The molecule has 2 nitrogen and oxygen atoms in total. The van der Waals surface area contributed by atoms with Gasteiger partial charge in [0.1, 0.15) is 0 Å². The molecule has 0 saturated heterocycles. The number of hydrogen-bond donors (Lipinski definition) is 1. The van der Waals surface area contributed by atoms with Gasteiger partial charge in [0.25, 0.3) is 0 Å². The highest BCUT2D eigenvalue weighted by Crippen LogP contribution is 2.29. The second kappa shape index (κ2) is 6.57. The molecule has 0 spiro atoms. The third-order valence-corrected chi connectivity index (χ3v) is 4.17. The molecule has 1 N–H and O–H groups in total. The lowest BCUT2D eigenvalue weighted by Crippen LogP contribution is -2.19. The van der Waals surface area contributed by atoms with Gasteiger partial charge < -0.3 is 5.32 Å². The molecule has 0 amide bonds. The Labute approximate surface area is 130 Å². The van der Waals surface area contributed by atoms with E-state index in [1.807, 2.05) is 39.1 Å². The summed E-state index contributed by atoms with van der Waals surface area (Å²) in [5, 5.41) is 4.57. The molecule has 1 aromatic carbocycles. The van der Waals surface area contributed by atoms with Crippen molar-refractivity contribution in [3.63, 3.8) is 0 Å². The molecule has 1 unspecified atom stereocenters. The highest BCUT2D eigenvalue weighted by Gasteiger charge is 2.14. The van der Waals surface area contributed by atoms with Crippen LogP contribution in [0.3, 0.4) is 0 Å². The normalized spacial score (nSPS) is 12.4. The van der Waals surface area contributed by atoms with Gasteiger partial charge in [0.15, 0.2) is 0 Å². The van der Waals surface area contributed by atoms with Gasteiger partial charge >= 0.3 is 0 Å². The molecule has 0 aliphatic rings. The summed E-state index contributed by atoms with van der Waals surface area (Å²) in [5.41, 5.74) is 4.31. The standard InChI is InChI=1S/C16H18Cl2N2/c1-10-7-13(8-11(2)20-10)15(19-3)9-12-5-4-6-14(17)16(12)18/h4-8,15,19H,9H2,1-3H3. The average molecular weight is 309 g/mol. The van der Waals surface area contributed by atoms with Crippen LogP contribution in [0.2, 0.25) is 10.0 Å². The van der Waals surface area contributed by atoms with Gasteiger partial charge in [-0.3, -0.25) is 4.98 Å². The Kier molecular flexibility index (Phi) is 5.03. The molecular formula is C16H18Cl2N2. The Morgan fingerprint density at radius 3 is 2.40 bits per heavy atom. The van der Waals surface area contributed by atoms with E-state index in [0.29, 0.717) is 10.0 Å². The summed E-state index contributed by atoms with van der Waals surface area (Å²) >= 11 is 12.3. The van der Waals surface area contributed by atoms with Crippen LogP contribution in [0.4, 0.5) is 0 Å². The lowest BCUT2D eigenvalue weighted by atomic mass is 9.98. The Bertz CT molecular complexity index is 591. The van der Waals surface area contributed by atoms with E-state index in [0.717, 1.165) is 23.4 Å². The molecule has 0 bridgehead atoms. The molecule has 1 aromatic heterocycles. The van der Waals surface area contributed by atoms with Crippen LogP contribution in [0, 0.1) is 13.8 Å². The van der Waals surface area contributed by atoms with Crippen molar-refractivity contribution < 1.29 is 0 Å². The molecule has 0 fully saturated rings. The van der Waals surface area contributed by atoms with E-state index in [9.17, 15) is 0 Å². The van der Waals surface area contributed by atoms with Gasteiger partial charge in [0.2, 0.25) is 0 Å². The van der Waals surface area contributed by atoms with Crippen molar-refractivity contribution in [3.05, 3.63) is 62.9 Å². The SMILES string of the molecule is CNC(Cc1cccc(Cl)c1Cl)c1cc(C)nc(C)c1. The molecule has 106 valence electrons. The first kappa shape index (κ1) is 15.3. The summed E-state index contributed by atoms with van der Waals surface area (Å²) in [4.78, 5) is 4.41. The largest absolute Gasteiger partial charge is 0.313 e. The molecular weight excluding hydrogens is 291 g/mol. The van der Waals surface area contributed by atoms with Gasteiger partial charge in [-0.15, -0.1) is 0 Å². The fourth-order valence-corrected chi connectivity index (χ4v) is 2.78. The van der Waals surface area contributed by atoms with E-state index in [1.165, 1.54) is 5.56 Å². The van der Waals surface area contributed by atoms with E-state index < -0.39 is 0 Å². The Morgan fingerprint density at radius 1 is 1.15 bits per heavy atom. The molecule has 1 heterocycles. The maximum absolute atomic E-state index is 6.27. The van der Waals surface area contributed by atoms with Gasteiger partial charge in [-0.1, -0.05) is 35.3 Å². The van der Waals surface area contributed by atoms with Crippen LogP contribution >= 0.6 is 23.2 Å². The van der Waals surface area contributed by atoms with Crippen molar-refractivity contribution in [2.24, 2.45) is 0 Å². The van der Waals surface area contributed by atoms with Gasteiger partial charge in [-0.2, -0.15) is 0 Å². The number of likely N-dealkylation sites (N-methyl/N-ethyl adjacent to an activating group) is 1. The van der Waals surface area contributed by atoms with Crippen molar-refractivity contribution in [1.29, 1.82) is 0 Å². The van der Waals surface area contributed by atoms with Crippen molar-refractivity contribution in [2.75, 3.05) is 7.05 Å². The number of aryl methyl sites for hydroxylation is 2. The van der Waals surface area contributed by atoms with E-state index in [2.05, 4.69) is 22.4 Å². The predicted molar refractivity (Wildman–Crippen MR) is 85.7 cm³/mol. The van der Waals surface area contributed by atoms with Crippen LogP contribution in [0.5, 0.6) is 0 Å². The number of halogens is 2. The summed E-state index contributed by atoms with van der Waals surface area (Å²) in [6, 6.07) is 10.1. The van der Waals surface area contributed by atoms with Gasteiger partial charge in [0, 0.05) is 17.4 Å². The molecule has 0 radical (unpaired) electrons. The molecule has 4 heteroatoms. The number of nitrogens with one attached hydrogen (secondary N) is 1. The minimum absolute atomic E-state index is 0.186. The van der Waals surface area contributed by atoms with Crippen LogP contribution < -0.4 is 5.32 Å². The summed E-state index contributed by atoms with van der Waals surface area (Å²) < 4.78 is 0. The molecule has 20 heavy (non-hydrogen) atoms. The average Bonchev–Trinajstić information content (AvgIpc) is 2.39. The van der Waals surface area contributed by atoms with Crippen molar-refractivity contribution in [3.8, 4) is 0 Å². The molecule has 1 atom stereocenters. The maximum Gasteiger partial charge on any atom is 0.0624 e. The molecule has 0 aliphatic heterocycles.